The first-order valence-electron chi connectivity index (χ1n) is 4.47. The van der Waals surface area contributed by atoms with Gasteiger partial charge in [-0.15, -0.1) is 0 Å². The van der Waals surface area contributed by atoms with E-state index in [1.54, 1.807) is 18.4 Å². The van der Waals surface area contributed by atoms with E-state index in [4.69, 9.17) is 8.83 Å². The largest absolute Gasteiger partial charge is 0.466 e. The average Bonchev–Trinajstić information content (AvgIpc) is 2.73. The highest BCUT2D eigenvalue weighted by atomic mass is 16.4. The molecule has 0 saturated carbocycles. The molecule has 0 aliphatic heterocycles. The van der Waals surface area contributed by atoms with Gasteiger partial charge in [0.2, 0.25) is 0 Å². The monoisotopic (exact) mass is 192 g/mol. The molecule has 2 aromatic heterocycles. The zero-order valence-corrected chi connectivity index (χ0v) is 8.15. The van der Waals surface area contributed by atoms with E-state index in [1.807, 2.05) is 19.9 Å². The number of aryl methyl sites for hydroxylation is 2. The van der Waals surface area contributed by atoms with E-state index in [2.05, 4.69) is 0 Å². The molecule has 74 valence electrons. The van der Waals surface area contributed by atoms with Gasteiger partial charge in [-0.3, -0.25) is 0 Å². The molecule has 1 N–H and O–H groups in total. The van der Waals surface area contributed by atoms with Gasteiger partial charge >= 0.3 is 0 Å². The Hall–Kier alpha value is -1.48. The van der Waals surface area contributed by atoms with Crippen LogP contribution in [0.15, 0.2) is 33.3 Å². The maximum atomic E-state index is 9.92. The van der Waals surface area contributed by atoms with Crippen LogP contribution >= 0.6 is 0 Å². The van der Waals surface area contributed by atoms with E-state index in [-0.39, 0.29) is 0 Å². The second kappa shape index (κ2) is 3.35. The molecule has 0 fully saturated rings. The Balaban J connectivity index is 2.36. The molecular formula is C11H12O3. The van der Waals surface area contributed by atoms with Gasteiger partial charge in [-0.1, -0.05) is 0 Å². The lowest BCUT2D eigenvalue weighted by Gasteiger charge is -2.05. The summed E-state index contributed by atoms with van der Waals surface area (Å²) in [5.74, 6) is 2.06. The molecule has 1 atom stereocenters. The standard InChI is InChI=1S/C11H12O3/c1-7-6-9(8(2)14-7)11(12)10-4-3-5-13-10/h3-6,11-12H,1-2H3. The van der Waals surface area contributed by atoms with E-state index in [0.29, 0.717) is 5.76 Å². The van der Waals surface area contributed by atoms with Crippen molar-refractivity contribution in [2.24, 2.45) is 0 Å². The molecule has 0 spiro atoms. The normalized spacial score (nSPS) is 13.1. The molecule has 0 saturated heterocycles. The van der Waals surface area contributed by atoms with E-state index in [9.17, 15) is 5.11 Å². The van der Waals surface area contributed by atoms with Crippen LogP contribution in [0, 0.1) is 13.8 Å². The van der Waals surface area contributed by atoms with Crippen LogP contribution in [-0.4, -0.2) is 5.11 Å². The fourth-order valence-electron chi connectivity index (χ4n) is 1.52. The van der Waals surface area contributed by atoms with Crippen molar-refractivity contribution in [3.8, 4) is 0 Å². The van der Waals surface area contributed by atoms with E-state index in [1.165, 1.54) is 0 Å². The first-order chi connectivity index (χ1) is 6.68. The Morgan fingerprint density at radius 3 is 2.64 bits per heavy atom. The Labute approximate surface area is 82.0 Å². The summed E-state index contributed by atoms with van der Waals surface area (Å²) in [6, 6.07) is 5.32. The molecule has 0 radical (unpaired) electrons. The van der Waals surface area contributed by atoms with Crippen LogP contribution in [0.2, 0.25) is 0 Å². The molecule has 2 rings (SSSR count). The lowest BCUT2D eigenvalue weighted by atomic mass is 10.1. The minimum absolute atomic E-state index is 0.536. The minimum atomic E-state index is -0.734. The van der Waals surface area contributed by atoms with Crippen molar-refractivity contribution in [3.05, 3.63) is 47.3 Å². The number of hydrogen-bond donors (Lipinski definition) is 1. The molecule has 0 aliphatic carbocycles. The molecule has 0 aromatic carbocycles. The van der Waals surface area contributed by atoms with Crippen molar-refractivity contribution in [1.82, 2.24) is 0 Å². The van der Waals surface area contributed by atoms with Crippen molar-refractivity contribution in [2.45, 2.75) is 20.0 Å². The molecular weight excluding hydrogens is 180 g/mol. The third-order valence-corrected chi connectivity index (χ3v) is 2.19. The highest BCUT2D eigenvalue weighted by molar-refractivity contribution is 5.28. The summed E-state index contributed by atoms with van der Waals surface area (Å²) in [6.45, 7) is 3.68. The lowest BCUT2D eigenvalue weighted by molar-refractivity contribution is 0.187. The summed E-state index contributed by atoms with van der Waals surface area (Å²) in [6.07, 6.45) is 0.809. The van der Waals surface area contributed by atoms with Crippen molar-refractivity contribution in [3.63, 3.8) is 0 Å². The van der Waals surface area contributed by atoms with Crippen LogP contribution < -0.4 is 0 Å². The minimum Gasteiger partial charge on any atom is -0.466 e. The topological polar surface area (TPSA) is 46.5 Å². The number of aliphatic hydroxyl groups is 1. The van der Waals surface area contributed by atoms with Gasteiger partial charge in [0.1, 0.15) is 23.4 Å². The summed E-state index contributed by atoms with van der Waals surface area (Å²) < 4.78 is 10.5. The molecule has 0 aliphatic rings. The Kier molecular flexibility index (Phi) is 2.17. The van der Waals surface area contributed by atoms with Gasteiger partial charge < -0.3 is 13.9 Å². The zero-order valence-electron chi connectivity index (χ0n) is 8.15. The second-order valence-electron chi connectivity index (χ2n) is 3.29. The van der Waals surface area contributed by atoms with E-state index in [0.717, 1.165) is 17.1 Å². The summed E-state index contributed by atoms with van der Waals surface area (Å²) in [4.78, 5) is 0. The molecule has 14 heavy (non-hydrogen) atoms. The fourth-order valence-corrected chi connectivity index (χ4v) is 1.52. The van der Waals surface area contributed by atoms with E-state index >= 15 is 0 Å². The van der Waals surface area contributed by atoms with Gasteiger partial charge in [0.15, 0.2) is 0 Å². The lowest BCUT2D eigenvalue weighted by Crippen LogP contribution is -1.97. The molecule has 0 amide bonds. The predicted octanol–water partition coefficient (Wildman–Crippen LogP) is 2.57. The van der Waals surface area contributed by atoms with Crippen LogP contribution in [0.1, 0.15) is 28.9 Å². The van der Waals surface area contributed by atoms with E-state index < -0.39 is 6.10 Å². The number of aliphatic hydroxyl groups excluding tert-OH is 1. The zero-order chi connectivity index (χ0) is 10.1. The maximum Gasteiger partial charge on any atom is 0.140 e. The molecule has 1 unspecified atom stereocenters. The van der Waals surface area contributed by atoms with Crippen LogP contribution in [0.4, 0.5) is 0 Å². The van der Waals surface area contributed by atoms with Gasteiger partial charge in [-0.2, -0.15) is 0 Å². The van der Waals surface area contributed by atoms with Crippen LogP contribution in [0.25, 0.3) is 0 Å². The van der Waals surface area contributed by atoms with Crippen molar-refractivity contribution < 1.29 is 13.9 Å². The summed E-state index contributed by atoms with van der Waals surface area (Å²) in [5.41, 5.74) is 0.762. The highest BCUT2D eigenvalue weighted by Crippen LogP contribution is 2.27. The third-order valence-electron chi connectivity index (χ3n) is 2.19. The van der Waals surface area contributed by atoms with Gasteiger partial charge in [-0.05, 0) is 32.0 Å². The second-order valence-corrected chi connectivity index (χ2v) is 3.29. The molecule has 3 heteroatoms. The predicted molar refractivity (Wildman–Crippen MR) is 51.0 cm³/mol. The van der Waals surface area contributed by atoms with Gasteiger partial charge in [-0.25, -0.2) is 0 Å². The smallest absolute Gasteiger partial charge is 0.140 e. The number of hydrogen-bond acceptors (Lipinski definition) is 3. The molecule has 3 nitrogen and oxygen atoms in total. The van der Waals surface area contributed by atoms with Gasteiger partial charge in [0, 0.05) is 5.56 Å². The van der Waals surface area contributed by atoms with Crippen molar-refractivity contribution in [2.75, 3.05) is 0 Å². The van der Waals surface area contributed by atoms with Crippen LogP contribution in [0.5, 0.6) is 0 Å². The van der Waals surface area contributed by atoms with Crippen LogP contribution in [-0.2, 0) is 0 Å². The highest BCUT2D eigenvalue weighted by Gasteiger charge is 2.18. The molecule has 0 bridgehead atoms. The summed E-state index contributed by atoms with van der Waals surface area (Å²) >= 11 is 0. The fraction of sp³-hybridized carbons (Fsp3) is 0.273. The summed E-state index contributed by atoms with van der Waals surface area (Å²) in [7, 11) is 0. The van der Waals surface area contributed by atoms with Crippen LogP contribution in [0.3, 0.4) is 0 Å². The first-order valence-corrected chi connectivity index (χ1v) is 4.47. The molecule has 2 heterocycles. The first kappa shape index (κ1) is 9.09. The Morgan fingerprint density at radius 1 is 1.36 bits per heavy atom. The maximum absolute atomic E-state index is 9.92. The SMILES string of the molecule is Cc1cc(C(O)c2ccco2)c(C)o1. The molecule has 2 aromatic rings. The summed E-state index contributed by atoms with van der Waals surface area (Å²) in [5, 5.41) is 9.92. The quantitative estimate of drug-likeness (QED) is 0.795. The van der Waals surface area contributed by atoms with Crippen molar-refractivity contribution in [1.29, 1.82) is 0 Å². The van der Waals surface area contributed by atoms with Gasteiger partial charge in [0.05, 0.1) is 6.26 Å². The average molecular weight is 192 g/mol. The number of furan rings is 2. The Bertz CT molecular complexity index is 412. The Morgan fingerprint density at radius 2 is 2.14 bits per heavy atom. The number of rotatable bonds is 2. The third kappa shape index (κ3) is 1.46. The van der Waals surface area contributed by atoms with Crippen molar-refractivity contribution >= 4 is 0 Å². The van der Waals surface area contributed by atoms with Gasteiger partial charge in [0.25, 0.3) is 0 Å².